The molecule has 19 heavy (non-hydrogen) atoms. The molecule has 2 heterocycles. The molecule has 0 unspecified atom stereocenters. The minimum atomic E-state index is 0.479. The van der Waals surface area contributed by atoms with E-state index >= 15 is 0 Å². The quantitative estimate of drug-likeness (QED) is 0.709. The molecule has 0 aliphatic rings. The van der Waals surface area contributed by atoms with Crippen LogP contribution in [0.5, 0.6) is 11.6 Å². The van der Waals surface area contributed by atoms with Gasteiger partial charge in [0.15, 0.2) is 5.65 Å². The number of ether oxygens (including phenoxy) is 1. The smallest absolute Gasteiger partial charge is 0.233 e. The van der Waals surface area contributed by atoms with Gasteiger partial charge in [0.05, 0.1) is 6.20 Å². The Balaban J connectivity index is 2.08. The molecule has 0 saturated carbocycles. The summed E-state index contributed by atoms with van der Waals surface area (Å²) in [6.45, 7) is 1.95. The van der Waals surface area contributed by atoms with Gasteiger partial charge in [0.1, 0.15) is 17.5 Å². The Morgan fingerprint density at radius 1 is 1.26 bits per heavy atom. The standard InChI is InChI=1S/C13H13N5O/c1-8-3-4-9(14)5-11(8)19-13-10-6-17-18(2)12(10)15-7-16-13/h3-7H,14H2,1-2H3. The van der Waals surface area contributed by atoms with Crippen molar-refractivity contribution in [3.05, 3.63) is 36.3 Å². The van der Waals surface area contributed by atoms with E-state index in [1.165, 1.54) is 6.33 Å². The number of aryl methyl sites for hydroxylation is 2. The lowest BCUT2D eigenvalue weighted by Crippen LogP contribution is -1.95. The van der Waals surface area contributed by atoms with Gasteiger partial charge in [0.2, 0.25) is 5.88 Å². The Kier molecular flexibility index (Phi) is 2.56. The monoisotopic (exact) mass is 255 g/mol. The zero-order valence-electron chi connectivity index (χ0n) is 10.7. The van der Waals surface area contributed by atoms with Crippen LogP contribution in [0, 0.1) is 6.92 Å². The van der Waals surface area contributed by atoms with Gasteiger partial charge >= 0.3 is 0 Å². The van der Waals surface area contributed by atoms with Gasteiger partial charge in [-0.05, 0) is 18.6 Å². The summed E-state index contributed by atoms with van der Waals surface area (Å²) in [5.74, 6) is 1.16. The molecule has 0 aliphatic heterocycles. The molecule has 6 heteroatoms. The lowest BCUT2D eigenvalue weighted by molar-refractivity contribution is 0.465. The van der Waals surface area contributed by atoms with E-state index in [-0.39, 0.29) is 0 Å². The highest BCUT2D eigenvalue weighted by molar-refractivity contribution is 5.80. The lowest BCUT2D eigenvalue weighted by Gasteiger charge is -2.08. The second-order valence-corrected chi connectivity index (χ2v) is 4.31. The third-order valence-electron chi connectivity index (χ3n) is 2.91. The summed E-state index contributed by atoms with van der Waals surface area (Å²) < 4.78 is 7.51. The van der Waals surface area contributed by atoms with Crippen molar-refractivity contribution in [2.24, 2.45) is 7.05 Å². The molecule has 1 aromatic carbocycles. The van der Waals surface area contributed by atoms with Crippen LogP contribution in [0.3, 0.4) is 0 Å². The molecule has 0 fully saturated rings. The van der Waals surface area contributed by atoms with E-state index in [1.54, 1.807) is 16.9 Å². The predicted molar refractivity (Wildman–Crippen MR) is 72.0 cm³/mol. The van der Waals surface area contributed by atoms with Crippen LogP contribution in [0.2, 0.25) is 0 Å². The third-order valence-corrected chi connectivity index (χ3v) is 2.91. The topological polar surface area (TPSA) is 78.8 Å². The van der Waals surface area contributed by atoms with E-state index < -0.39 is 0 Å². The fourth-order valence-corrected chi connectivity index (χ4v) is 1.85. The summed E-state index contributed by atoms with van der Waals surface area (Å²) >= 11 is 0. The Hall–Kier alpha value is -2.63. The highest BCUT2D eigenvalue weighted by Crippen LogP contribution is 2.29. The average Bonchev–Trinajstić information content (AvgIpc) is 2.77. The minimum absolute atomic E-state index is 0.479. The van der Waals surface area contributed by atoms with Gasteiger partial charge < -0.3 is 10.5 Å². The van der Waals surface area contributed by atoms with Crippen LogP contribution in [-0.2, 0) is 7.05 Å². The lowest BCUT2D eigenvalue weighted by atomic mass is 10.2. The number of rotatable bonds is 2. The molecule has 0 aliphatic carbocycles. The molecule has 2 aromatic heterocycles. The molecule has 3 rings (SSSR count). The number of nitrogen functional groups attached to an aromatic ring is 1. The number of benzene rings is 1. The minimum Gasteiger partial charge on any atom is -0.438 e. The number of hydrogen-bond donors (Lipinski definition) is 1. The summed E-state index contributed by atoms with van der Waals surface area (Å²) in [6.07, 6.45) is 3.15. The highest BCUT2D eigenvalue weighted by Gasteiger charge is 2.11. The molecule has 3 aromatic rings. The summed E-state index contributed by atoms with van der Waals surface area (Å²) in [5, 5.41) is 4.92. The van der Waals surface area contributed by atoms with Crippen molar-refractivity contribution in [2.45, 2.75) is 6.92 Å². The van der Waals surface area contributed by atoms with E-state index in [1.807, 2.05) is 26.1 Å². The maximum Gasteiger partial charge on any atom is 0.233 e. The van der Waals surface area contributed by atoms with Crippen LogP contribution >= 0.6 is 0 Å². The zero-order chi connectivity index (χ0) is 13.4. The number of anilines is 1. The second-order valence-electron chi connectivity index (χ2n) is 4.31. The highest BCUT2D eigenvalue weighted by atomic mass is 16.5. The van der Waals surface area contributed by atoms with Crippen LogP contribution in [0.1, 0.15) is 5.56 Å². The largest absolute Gasteiger partial charge is 0.438 e. The average molecular weight is 255 g/mol. The van der Waals surface area contributed by atoms with E-state index in [4.69, 9.17) is 10.5 Å². The molecule has 2 N–H and O–H groups in total. The van der Waals surface area contributed by atoms with Crippen molar-refractivity contribution in [1.82, 2.24) is 19.7 Å². The Labute approximate surface area is 109 Å². The molecule has 6 nitrogen and oxygen atoms in total. The van der Waals surface area contributed by atoms with Crippen molar-refractivity contribution in [3.63, 3.8) is 0 Å². The van der Waals surface area contributed by atoms with Gasteiger partial charge in [-0.2, -0.15) is 5.10 Å². The first-order chi connectivity index (χ1) is 9.15. The molecule has 0 saturated heterocycles. The van der Waals surface area contributed by atoms with E-state index in [0.29, 0.717) is 17.3 Å². The first-order valence-corrected chi connectivity index (χ1v) is 5.82. The molecule has 96 valence electrons. The summed E-state index contributed by atoms with van der Waals surface area (Å²) in [4.78, 5) is 8.33. The number of hydrogen-bond acceptors (Lipinski definition) is 5. The molecule has 0 bridgehead atoms. The Morgan fingerprint density at radius 2 is 2.11 bits per heavy atom. The number of nitrogens with zero attached hydrogens (tertiary/aromatic N) is 4. The fraction of sp³-hybridized carbons (Fsp3) is 0.154. The molecule has 0 radical (unpaired) electrons. The maximum absolute atomic E-state index is 5.83. The number of nitrogens with two attached hydrogens (primary N) is 1. The van der Waals surface area contributed by atoms with E-state index in [9.17, 15) is 0 Å². The first kappa shape index (κ1) is 11.5. The van der Waals surface area contributed by atoms with Gasteiger partial charge in [0.25, 0.3) is 0 Å². The second kappa shape index (κ2) is 4.24. The first-order valence-electron chi connectivity index (χ1n) is 5.82. The van der Waals surface area contributed by atoms with E-state index in [2.05, 4.69) is 15.1 Å². The fourth-order valence-electron chi connectivity index (χ4n) is 1.85. The van der Waals surface area contributed by atoms with Crippen molar-refractivity contribution >= 4 is 16.7 Å². The van der Waals surface area contributed by atoms with Crippen LogP contribution < -0.4 is 10.5 Å². The maximum atomic E-state index is 5.83. The zero-order valence-corrected chi connectivity index (χ0v) is 10.7. The number of aromatic nitrogens is 4. The molecule has 0 spiro atoms. The van der Waals surface area contributed by atoms with Crippen molar-refractivity contribution in [3.8, 4) is 11.6 Å². The third kappa shape index (κ3) is 1.97. The SMILES string of the molecule is Cc1ccc(N)cc1Oc1ncnc2c1cnn2C. The van der Waals surface area contributed by atoms with Crippen LogP contribution in [0.25, 0.3) is 11.0 Å². The normalized spacial score (nSPS) is 10.8. The van der Waals surface area contributed by atoms with Crippen LogP contribution in [0.4, 0.5) is 5.69 Å². The predicted octanol–water partition coefficient (Wildman–Crippen LogP) is 2.05. The molecular formula is C13H13N5O. The van der Waals surface area contributed by atoms with Gasteiger partial charge in [0, 0.05) is 18.8 Å². The van der Waals surface area contributed by atoms with Crippen molar-refractivity contribution in [1.29, 1.82) is 0 Å². The molecule has 0 atom stereocenters. The van der Waals surface area contributed by atoms with Gasteiger partial charge in [-0.3, -0.25) is 4.68 Å². The van der Waals surface area contributed by atoms with Gasteiger partial charge in [-0.1, -0.05) is 6.07 Å². The summed E-state index contributed by atoms with van der Waals surface area (Å²) in [7, 11) is 1.82. The van der Waals surface area contributed by atoms with Crippen LogP contribution in [0.15, 0.2) is 30.7 Å². The van der Waals surface area contributed by atoms with E-state index in [0.717, 1.165) is 16.6 Å². The number of fused-ring (bicyclic) bond motifs is 1. The van der Waals surface area contributed by atoms with Crippen molar-refractivity contribution in [2.75, 3.05) is 5.73 Å². The Morgan fingerprint density at radius 3 is 2.95 bits per heavy atom. The Bertz CT molecular complexity index is 750. The van der Waals surface area contributed by atoms with Crippen LogP contribution in [-0.4, -0.2) is 19.7 Å². The van der Waals surface area contributed by atoms with Gasteiger partial charge in [-0.25, -0.2) is 9.97 Å². The van der Waals surface area contributed by atoms with Gasteiger partial charge in [-0.15, -0.1) is 0 Å². The molecule has 0 amide bonds. The summed E-state index contributed by atoms with van der Waals surface area (Å²) in [5.41, 5.74) is 8.14. The molecular weight excluding hydrogens is 242 g/mol. The van der Waals surface area contributed by atoms with Crippen molar-refractivity contribution < 1.29 is 4.74 Å². The summed E-state index contributed by atoms with van der Waals surface area (Å²) in [6, 6.07) is 5.52.